The number of aliphatic hydroxyl groups is 2. The van der Waals surface area contributed by atoms with Crippen molar-refractivity contribution in [2.75, 3.05) is 26.4 Å². The van der Waals surface area contributed by atoms with Crippen LogP contribution in [-0.2, 0) is 0 Å². The second kappa shape index (κ2) is 9.58. The fourth-order valence-corrected chi connectivity index (χ4v) is 3.30. The van der Waals surface area contributed by atoms with E-state index in [1.807, 2.05) is 12.1 Å². The van der Waals surface area contributed by atoms with Crippen molar-refractivity contribution in [3.8, 4) is 11.5 Å². The molecule has 0 saturated heterocycles. The molecule has 0 fully saturated rings. The molecular weight excluding hydrogens is 340 g/mol. The molecule has 2 N–H and O–H groups in total. The molecular formula is C23H28O4. The molecule has 144 valence electrons. The highest BCUT2D eigenvalue weighted by atomic mass is 16.5. The van der Waals surface area contributed by atoms with E-state index in [1.54, 1.807) is 0 Å². The minimum Gasteiger partial charge on any atom is -0.492 e. The Morgan fingerprint density at radius 2 is 1.19 bits per heavy atom. The zero-order valence-electron chi connectivity index (χ0n) is 15.9. The number of ether oxygens (including phenoxy) is 2. The Balaban J connectivity index is 2.08. The Kier molecular flexibility index (Phi) is 6.91. The number of aliphatic hydroxyl groups excluding tert-OH is 2. The van der Waals surface area contributed by atoms with E-state index >= 15 is 0 Å². The number of hydrogen-bond acceptors (Lipinski definition) is 4. The lowest BCUT2D eigenvalue weighted by molar-refractivity contribution is 0.254. The van der Waals surface area contributed by atoms with Crippen LogP contribution in [0, 0.1) is 6.92 Å². The van der Waals surface area contributed by atoms with Crippen molar-refractivity contribution in [3.63, 3.8) is 0 Å². The topological polar surface area (TPSA) is 58.9 Å². The van der Waals surface area contributed by atoms with Crippen LogP contribution in [0.1, 0.15) is 31.2 Å². The third kappa shape index (κ3) is 4.52. The summed E-state index contributed by atoms with van der Waals surface area (Å²) in [4.78, 5) is 0. The monoisotopic (exact) mass is 368 g/mol. The van der Waals surface area contributed by atoms with Crippen LogP contribution in [0.25, 0.3) is 21.5 Å². The second-order valence-electron chi connectivity index (χ2n) is 6.81. The van der Waals surface area contributed by atoms with E-state index in [-0.39, 0.29) is 13.2 Å². The largest absolute Gasteiger partial charge is 0.492 e. The molecule has 4 nitrogen and oxygen atoms in total. The van der Waals surface area contributed by atoms with E-state index < -0.39 is 0 Å². The molecule has 0 unspecified atom stereocenters. The van der Waals surface area contributed by atoms with E-state index in [0.29, 0.717) is 13.2 Å². The third-order valence-electron chi connectivity index (χ3n) is 4.68. The van der Waals surface area contributed by atoms with Crippen LogP contribution < -0.4 is 9.47 Å². The minimum atomic E-state index is 0.185. The predicted molar refractivity (Wildman–Crippen MR) is 110 cm³/mol. The molecule has 4 heteroatoms. The highest BCUT2D eigenvalue weighted by Crippen LogP contribution is 2.43. The fraction of sp³-hybridized carbons (Fsp3) is 0.391. The van der Waals surface area contributed by atoms with Crippen LogP contribution in [0.4, 0.5) is 0 Å². The number of hydrogen-bond donors (Lipinski definition) is 2. The second-order valence-corrected chi connectivity index (χ2v) is 6.81. The molecule has 3 aromatic rings. The highest BCUT2D eigenvalue weighted by molar-refractivity contribution is 6.11. The number of fused-ring (bicyclic) bond motifs is 2. The van der Waals surface area contributed by atoms with E-state index in [2.05, 4.69) is 37.3 Å². The van der Waals surface area contributed by atoms with E-state index in [0.717, 1.165) is 58.7 Å². The summed E-state index contributed by atoms with van der Waals surface area (Å²) in [7, 11) is 0. The molecule has 0 heterocycles. The smallest absolute Gasteiger partial charge is 0.135 e. The predicted octanol–water partition coefficient (Wildman–Crippen LogP) is 4.60. The summed E-state index contributed by atoms with van der Waals surface area (Å²) in [5.74, 6) is 1.76. The first-order valence-electron chi connectivity index (χ1n) is 9.68. The molecule has 3 rings (SSSR count). The van der Waals surface area contributed by atoms with Gasteiger partial charge in [0.1, 0.15) is 11.5 Å². The molecule has 0 aliphatic heterocycles. The zero-order chi connectivity index (χ0) is 19.1. The summed E-state index contributed by atoms with van der Waals surface area (Å²) in [5.41, 5.74) is 1.17. The number of rotatable bonds is 10. The van der Waals surface area contributed by atoms with Gasteiger partial charge >= 0.3 is 0 Å². The Hall–Kier alpha value is -2.30. The average Bonchev–Trinajstić information content (AvgIpc) is 2.69. The summed E-state index contributed by atoms with van der Waals surface area (Å²) in [6.45, 7) is 3.59. The summed E-state index contributed by atoms with van der Waals surface area (Å²) in [5, 5.41) is 22.2. The van der Waals surface area contributed by atoms with Gasteiger partial charge in [-0.15, -0.1) is 0 Å². The molecule has 3 aromatic carbocycles. The number of benzene rings is 3. The number of aryl methyl sites for hydroxylation is 1. The van der Waals surface area contributed by atoms with Crippen molar-refractivity contribution < 1.29 is 19.7 Å². The van der Waals surface area contributed by atoms with Crippen LogP contribution in [-0.4, -0.2) is 36.6 Å². The Labute approximate surface area is 160 Å². The molecule has 0 atom stereocenters. The van der Waals surface area contributed by atoms with Gasteiger partial charge in [-0.3, -0.25) is 0 Å². The van der Waals surface area contributed by atoms with Crippen LogP contribution in [0.15, 0.2) is 42.5 Å². The first-order valence-corrected chi connectivity index (χ1v) is 9.68. The minimum absolute atomic E-state index is 0.185. The summed E-state index contributed by atoms with van der Waals surface area (Å²) in [6, 6.07) is 14.5. The standard InChI is InChI=1S/C23H28O4/c1-17-10-11-20-21(16-17)23(27-15-7-5-13-25)19-9-3-2-8-18(19)22(20)26-14-6-4-12-24/h2-3,8-11,16,24-25H,4-7,12-15H2,1H3. The number of unbranched alkanes of at least 4 members (excludes halogenated alkanes) is 2. The lowest BCUT2D eigenvalue weighted by atomic mass is 9.99. The highest BCUT2D eigenvalue weighted by Gasteiger charge is 2.16. The van der Waals surface area contributed by atoms with Gasteiger partial charge in [-0.25, -0.2) is 0 Å². The van der Waals surface area contributed by atoms with E-state index in [1.165, 1.54) is 5.56 Å². The lowest BCUT2D eigenvalue weighted by Crippen LogP contribution is -2.03. The van der Waals surface area contributed by atoms with Crippen molar-refractivity contribution >= 4 is 21.5 Å². The van der Waals surface area contributed by atoms with Crippen molar-refractivity contribution in [2.24, 2.45) is 0 Å². The van der Waals surface area contributed by atoms with Gasteiger partial charge in [0.25, 0.3) is 0 Å². The molecule has 0 aliphatic carbocycles. The Morgan fingerprint density at radius 3 is 1.74 bits per heavy atom. The van der Waals surface area contributed by atoms with Gasteiger partial charge in [-0.2, -0.15) is 0 Å². The first kappa shape index (κ1) is 19.5. The summed E-state index contributed by atoms with van der Waals surface area (Å²) in [6.07, 6.45) is 3.11. The fourth-order valence-electron chi connectivity index (χ4n) is 3.30. The van der Waals surface area contributed by atoms with Gasteiger partial charge in [0.05, 0.1) is 13.2 Å². The molecule has 0 aliphatic rings. The Morgan fingerprint density at radius 1 is 0.667 bits per heavy atom. The normalized spacial score (nSPS) is 11.2. The molecule has 0 spiro atoms. The first-order chi connectivity index (χ1) is 13.3. The van der Waals surface area contributed by atoms with Gasteiger partial charge in [0.15, 0.2) is 0 Å². The van der Waals surface area contributed by atoms with Gasteiger partial charge in [-0.05, 0) is 38.7 Å². The van der Waals surface area contributed by atoms with Crippen LogP contribution in [0.2, 0.25) is 0 Å². The van der Waals surface area contributed by atoms with Gasteiger partial charge in [0.2, 0.25) is 0 Å². The van der Waals surface area contributed by atoms with Gasteiger partial charge in [0, 0.05) is 34.8 Å². The van der Waals surface area contributed by atoms with Gasteiger partial charge < -0.3 is 19.7 Å². The van der Waals surface area contributed by atoms with Crippen molar-refractivity contribution in [1.29, 1.82) is 0 Å². The lowest BCUT2D eigenvalue weighted by Gasteiger charge is -2.18. The quantitative estimate of drug-likeness (QED) is 0.405. The molecule has 0 amide bonds. The Bertz CT molecular complexity index is 888. The maximum atomic E-state index is 9.01. The van der Waals surface area contributed by atoms with E-state index in [4.69, 9.17) is 19.7 Å². The third-order valence-corrected chi connectivity index (χ3v) is 4.68. The van der Waals surface area contributed by atoms with Crippen LogP contribution in [0.3, 0.4) is 0 Å². The average molecular weight is 368 g/mol. The van der Waals surface area contributed by atoms with Gasteiger partial charge in [-0.1, -0.05) is 42.0 Å². The maximum absolute atomic E-state index is 9.01. The van der Waals surface area contributed by atoms with E-state index in [9.17, 15) is 0 Å². The maximum Gasteiger partial charge on any atom is 0.135 e. The molecule has 0 bridgehead atoms. The summed E-state index contributed by atoms with van der Waals surface area (Å²) >= 11 is 0. The molecule has 0 saturated carbocycles. The SMILES string of the molecule is Cc1ccc2c(OCCCCO)c3ccccc3c(OCCCCO)c2c1. The molecule has 27 heavy (non-hydrogen) atoms. The van der Waals surface area contributed by atoms with Crippen molar-refractivity contribution in [3.05, 3.63) is 48.0 Å². The van der Waals surface area contributed by atoms with Crippen LogP contribution in [0.5, 0.6) is 11.5 Å². The van der Waals surface area contributed by atoms with Crippen LogP contribution >= 0.6 is 0 Å². The molecule has 0 radical (unpaired) electrons. The summed E-state index contributed by atoms with van der Waals surface area (Å²) < 4.78 is 12.4. The van der Waals surface area contributed by atoms with Crippen molar-refractivity contribution in [1.82, 2.24) is 0 Å². The zero-order valence-corrected chi connectivity index (χ0v) is 15.9. The molecule has 0 aromatic heterocycles. The van der Waals surface area contributed by atoms with Crippen molar-refractivity contribution in [2.45, 2.75) is 32.6 Å².